The zero-order chi connectivity index (χ0) is 12.1. The second-order valence-corrected chi connectivity index (χ2v) is 4.69. The van der Waals surface area contributed by atoms with Crippen molar-refractivity contribution in [3.63, 3.8) is 0 Å². The summed E-state index contributed by atoms with van der Waals surface area (Å²) in [5.41, 5.74) is 6.46. The molecule has 86 valence electrons. The van der Waals surface area contributed by atoms with Crippen LogP contribution in [0.2, 0.25) is 5.02 Å². The van der Waals surface area contributed by atoms with Crippen LogP contribution >= 0.6 is 23.4 Å². The van der Waals surface area contributed by atoms with Crippen LogP contribution in [0.3, 0.4) is 0 Å². The van der Waals surface area contributed by atoms with Gasteiger partial charge in [0.2, 0.25) is 0 Å². The van der Waals surface area contributed by atoms with E-state index in [-0.39, 0.29) is 0 Å². The molecule has 0 aromatic heterocycles. The Bertz CT molecular complexity index is 432. The first-order valence-corrected chi connectivity index (χ1v) is 5.95. The lowest BCUT2D eigenvalue weighted by molar-refractivity contribution is -0.132. The normalized spacial score (nSPS) is 11.5. The number of carboxylic acid groups (broad SMARTS) is 1. The Labute approximate surface area is 103 Å². The lowest BCUT2D eigenvalue weighted by Gasteiger charge is -2.02. The number of rotatable bonds is 4. The van der Waals surface area contributed by atoms with Crippen molar-refractivity contribution in [2.24, 2.45) is 0 Å². The Morgan fingerprint density at radius 1 is 1.62 bits per heavy atom. The SMILES string of the molecule is CC(=CCSc1ccc(N)c(Cl)c1)C(=O)O. The molecule has 0 bridgehead atoms. The summed E-state index contributed by atoms with van der Waals surface area (Å²) < 4.78 is 0. The Balaban J connectivity index is 2.59. The zero-order valence-electron chi connectivity index (χ0n) is 8.74. The molecule has 0 aliphatic rings. The van der Waals surface area contributed by atoms with E-state index in [9.17, 15) is 4.79 Å². The second kappa shape index (κ2) is 5.82. The Morgan fingerprint density at radius 3 is 2.88 bits per heavy atom. The number of nitrogen functional groups attached to an aromatic ring is 1. The molecular weight excluding hydrogens is 246 g/mol. The maximum Gasteiger partial charge on any atom is 0.330 e. The summed E-state index contributed by atoms with van der Waals surface area (Å²) in [6.07, 6.45) is 1.66. The Kier molecular flexibility index (Phi) is 4.71. The van der Waals surface area contributed by atoms with Gasteiger partial charge >= 0.3 is 5.97 Å². The molecule has 1 aromatic carbocycles. The minimum Gasteiger partial charge on any atom is -0.478 e. The van der Waals surface area contributed by atoms with Crippen molar-refractivity contribution < 1.29 is 9.90 Å². The molecule has 1 rings (SSSR count). The van der Waals surface area contributed by atoms with Crippen LogP contribution in [0, 0.1) is 0 Å². The highest BCUT2D eigenvalue weighted by atomic mass is 35.5. The topological polar surface area (TPSA) is 63.3 Å². The van der Waals surface area contributed by atoms with Gasteiger partial charge in [-0.15, -0.1) is 11.8 Å². The molecule has 0 spiro atoms. The summed E-state index contributed by atoms with van der Waals surface area (Å²) in [5, 5.41) is 9.16. The molecular formula is C11H12ClNO2S. The van der Waals surface area contributed by atoms with Crippen molar-refractivity contribution in [1.29, 1.82) is 0 Å². The number of benzene rings is 1. The van der Waals surface area contributed by atoms with Gasteiger partial charge in [0.1, 0.15) is 0 Å². The molecule has 0 fully saturated rings. The van der Waals surface area contributed by atoms with Gasteiger partial charge in [-0.1, -0.05) is 17.7 Å². The summed E-state index contributed by atoms with van der Waals surface area (Å²) in [7, 11) is 0. The molecule has 5 heteroatoms. The molecule has 16 heavy (non-hydrogen) atoms. The summed E-state index contributed by atoms with van der Waals surface area (Å²) in [6, 6.07) is 5.36. The predicted octanol–water partition coefficient (Wildman–Crippen LogP) is 3.05. The molecule has 0 amide bonds. The van der Waals surface area contributed by atoms with Crippen molar-refractivity contribution >= 4 is 35.0 Å². The fraction of sp³-hybridized carbons (Fsp3) is 0.182. The van der Waals surface area contributed by atoms with Gasteiger partial charge in [-0.3, -0.25) is 0 Å². The van der Waals surface area contributed by atoms with E-state index in [1.54, 1.807) is 25.1 Å². The fourth-order valence-electron chi connectivity index (χ4n) is 0.948. The van der Waals surface area contributed by atoms with Gasteiger partial charge in [0.25, 0.3) is 0 Å². The lowest BCUT2D eigenvalue weighted by atomic mass is 10.3. The van der Waals surface area contributed by atoms with Crippen LogP contribution in [-0.4, -0.2) is 16.8 Å². The van der Waals surface area contributed by atoms with Gasteiger partial charge in [-0.25, -0.2) is 4.79 Å². The number of hydrogen-bond acceptors (Lipinski definition) is 3. The first-order chi connectivity index (χ1) is 7.50. The van der Waals surface area contributed by atoms with Crippen LogP contribution in [0.25, 0.3) is 0 Å². The average Bonchev–Trinajstić information content (AvgIpc) is 2.23. The zero-order valence-corrected chi connectivity index (χ0v) is 10.3. The van der Waals surface area contributed by atoms with Crippen molar-refractivity contribution in [1.82, 2.24) is 0 Å². The third-order valence-electron chi connectivity index (χ3n) is 1.95. The molecule has 3 N–H and O–H groups in total. The number of carbonyl (C=O) groups is 1. The number of halogens is 1. The van der Waals surface area contributed by atoms with Crippen LogP contribution in [0.5, 0.6) is 0 Å². The van der Waals surface area contributed by atoms with Gasteiger partial charge in [0, 0.05) is 16.2 Å². The van der Waals surface area contributed by atoms with Crippen LogP contribution in [0.15, 0.2) is 34.7 Å². The van der Waals surface area contributed by atoms with Crippen molar-refractivity contribution in [2.75, 3.05) is 11.5 Å². The molecule has 0 radical (unpaired) electrons. The quantitative estimate of drug-likeness (QED) is 0.494. The minimum absolute atomic E-state index is 0.342. The number of aliphatic carboxylic acids is 1. The molecule has 0 atom stereocenters. The summed E-state index contributed by atoms with van der Waals surface area (Å²) in [5.74, 6) is -0.297. The van der Waals surface area contributed by atoms with Gasteiger partial charge in [0.15, 0.2) is 0 Å². The Hall–Kier alpha value is -1.13. The van der Waals surface area contributed by atoms with Crippen LogP contribution < -0.4 is 5.73 Å². The molecule has 0 saturated heterocycles. The maximum atomic E-state index is 10.5. The van der Waals surface area contributed by atoms with Gasteiger partial charge in [0.05, 0.1) is 10.7 Å². The molecule has 0 aliphatic carbocycles. The van der Waals surface area contributed by atoms with Gasteiger partial charge in [-0.2, -0.15) is 0 Å². The fourth-order valence-corrected chi connectivity index (χ4v) is 2.08. The third kappa shape index (κ3) is 3.79. The van der Waals surface area contributed by atoms with E-state index >= 15 is 0 Å². The van der Waals surface area contributed by atoms with E-state index in [1.807, 2.05) is 6.07 Å². The largest absolute Gasteiger partial charge is 0.478 e. The van der Waals surface area contributed by atoms with Crippen LogP contribution in [0.1, 0.15) is 6.92 Å². The molecule has 0 heterocycles. The van der Waals surface area contributed by atoms with Gasteiger partial charge < -0.3 is 10.8 Å². The number of hydrogen-bond donors (Lipinski definition) is 2. The average molecular weight is 258 g/mol. The first kappa shape index (κ1) is 12.9. The van der Waals surface area contributed by atoms with E-state index in [1.165, 1.54) is 11.8 Å². The standard InChI is InChI=1S/C11H12ClNO2S/c1-7(11(14)15)4-5-16-8-2-3-10(13)9(12)6-8/h2-4,6H,5,13H2,1H3,(H,14,15). The summed E-state index contributed by atoms with van der Waals surface area (Å²) in [6.45, 7) is 1.57. The van der Waals surface area contributed by atoms with E-state index in [0.29, 0.717) is 22.0 Å². The smallest absolute Gasteiger partial charge is 0.330 e. The number of carboxylic acids is 1. The number of nitrogens with two attached hydrogens (primary N) is 1. The third-order valence-corrected chi connectivity index (χ3v) is 3.20. The van der Waals surface area contributed by atoms with E-state index in [0.717, 1.165) is 4.90 Å². The minimum atomic E-state index is -0.893. The Morgan fingerprint density at radius 2 is 2.31 bits per heavy atom. The van der Waals surface area contributed by atoms with Crippen molar-refractivity contribution in [2.45, 2.75) is 11.8 Å². The van der Waals surface area contributed by atoms with Crippen molar-refractivity contribution in [3.05, 3.63) is 34.9 Å². The van der Waals surface area contributed by atoms with E-state index < -0.39 is 5.97 Å². The lowest BCUT2D eigenvalue weighted by Crippen LogP contribution is -1.96. The predicted molar refractivity (Wildman–Crippen MR) is 68.0 cm³/mol. The molecule has 0 unspecified atom stereocenters. The van der Waals surface area contributed by atoms with Crippen LogP contribution in [-0.2, 0) is 4.79 Å². The summed E-state index contributed by atoms with van der Waals surface area (Å²) >= 11 is 7.37. The highest BCUT2D eigenvalue weighted by molar-refractivity contribution is 7.99. The molecule has 3 nitrogen and oxygen atoms in total. The first-order valence-electron chi connectivity index (χ1n) is 4.58. The summed E-state index contributed by atoms with van der Waals surface area (Å²) in [4.78, 5) is 11.5. The van der Waals surface area contributed by atoms with E-state index in [4.69, 9.17) is 22.4 Å². The highest BCUT2D eigenvalue weighted by Gasteiger charge is 2.00. The number of thioether (sulfide) groups is 1. The van der Waals surface area contributed by atoms with Crippen LogP contribution in [0.4, 0.5) is 5.69 Å². The monoisotopic (exact) mass is 257 g/mol. The molecule has 0 saturated carbocycles. The van der Waals surface area contributed by atoms with E-state index in [2.05, 4.69) is 0 Å². The molecule has 0 aliphatic heterocycles. The number of anilines is 1. The second-order valence-electron chi connectivity index (χ2n) is 3.19. The van der Waals surface area contributed by atoms with Crippen molar-refractivity contribution in [3.8, 4) is 0 Å². The maximum absolute atomic E-state index is 10.5. The van der Waals surface area contributed by atoms with Gasteiger partial charge in [-0.05, 0) is 25.1 Å². The highest BCUT2D eigenvalue weighted by Crippen LogP contribution is 2.26. The molecule has 1 aromatic rings.